The summed E-state index contributed by atoms with van der Waals surface area (Å²) in [5.41, 5.74) is 0.796. The minimum atomic E-state index is -0.521. The van der Waals surface area contributed by atoms with Gasteiger partial charge in [0.25, 0.3) is 0 Å². The lowest BCUT2D eigenvalue weighted by molar-refractivity contribution is 0.198. The van der Waals surface area contributed by atoms with Crippen molar-refractivity contribution in [2.45, 2.75) is 25.9 Å². The first kappa shape index (κ1) is 13.8. The highest BCUT2D eigenvalue weighted by Gasteiger charge is 2.08. The van der Waals surface area contributed by atoms with Gasteiger partial charge in [-0.1, -0.05) is 6.07 Å². The first-order valence-corrected chi connectivity index (χ1v) is 5.78. The van der Waals surface area contributed by atoms with E-state index in [2.05, 4.69) is 0 Å². The van der Waals surface area contributed by atoms with Crippen molar-refractivity contribution in [1.82, 2.24) is 0 Å². The Hall–Kier alpha value is -1.26. The lowest BCUT2D eigenvalue weighted by Crippen LogP contribution is -2.01. The smallest absolute Gasteiger partial charge is 0.161 e. The van der Waals surface area contributed by atoms with E-state index in [1.54, 1.807) is 26.2 Å². The van der Waals surface area contributed by atoms with Crippen molar-refractivity contribution in [3.8, 4) is 11.5 Å². The molecule has 4 heteroatoms. The average Bonchev–Trinajstić information content (AvgIpc) is 2.34. The number of rotatable bonds is 7. The monoisotopic (exact) mass is 240 g/mol. The number of aliphatic hydroxyl groups is 2. The first-order chi connectivity index (χ1) is 8.19. The van der Waals surface area contributed by atoms with Crippen molar-refractivity contribution in [2.75, 3.05) is 20.3 Å². The summed E-state index contributed by atoms with van der Waals surface area (Å²) >= 11 is 0. The fourth-order valence-corrected chi connectivity index (χ4v) is 1.46. The Morgan fingerprint density at radius 1 is 1.24 bits per heavy atom. The molecular weight excluding hydrogens is 220 g/mol. The molecule has 0 spiro atoms. The third-order valence-corrected chi connectivity index (χ3v) is 2.48. The van der Waals surface area contributed by atoms with Gasteiger partial charge in [0.1, 0.15) is 0 Å². The van der Waals surface area contributed by atoms with E-state index in [4.69, 9.17) is 14.6 Å². The van der Waals surface area contributed by atoms with Crippen LogP contribution in [-0.2, 0) is 0 Å². The molecule has 1 aromatic rings. The molecule has 0 unspecified atom stereocenters. The number of hydrogen-bond acceptors (Lipinski definition) is 4. The average molecular weight is 240 g/mol. The van der Waals surface area contributed by atoms with E-state index in [-0.39, 0.29) is 6.61 Å². The van der Waals surface area contributed by atoms with Gasteiger partial charge in [-0.15, -0.1) is 0 Å². The molecule has 0 heterocycles. The van der Waals surface area contributed by atoms with Crippen LogP contribution in [0.1, 0.15) is 31.4 Å². The highest BCUT2D eigenvalue weighted by atomic mass is 16.5. The lowest BCUT2D eigenvalue weighted by atomic mass is 10.1. The molecule has 0 aliphatic carbocycles. The highest BCUT2D eigenvalue weighted by Crippen LogP contribution is 2.30. The molecule has 0 aliphatic heterocycles. The third kappa shape index (κ3) is 4.24. The maximum absolute atomic E-state index is 9.46. The van der Waals surface area contributed by atoms with Gasteiger partial charge in [0.05, 0.1) is 19.8 Å². The second kappa shape index (κ2) is 7.14. The normalized spacial score (nSPS) is 12.2. The van der Waals surface area contributed by atoms with Crippen molar-refractivity contribution in [2.24, 2.45) is 0 Å². The second-order valence-electron chi connectivity index (χ2n) is 3.87. The number of aliphatic hydroxyl groups excluding tert-OH is 2. The van der Waals surface area contributed by atoms with Gasteiger partial charge in [0.2, 0.25) is 0 Å². The molecule has 1 atom stereocenters. The number of unbranched alkanes of at least 4 members (excludes halogenated alkanes) is 1. The number of hydrogen-bond donors (Lipinski definition) is 2. The third-order valence-electron chi connectivity index (χ3n) is 2.48. The van der Waals surface area contributed by atoms with E-state index in [0.29, 0.717) is 18.1 Å². The Kier molecular flexibility index (Phi) is 5.80. The van der Waals surface area contributed by atoms with E-state index in [1.807, 2.05) is 6.07 Å². The summed E-state index contributed by atoms with van der Waals surface area (Å²) < 4.78 is 10.8. The molecule has 1 aromatic carbocycles. The van der Waals surface area contributed by atoms with Crippen LogP contribution in [0, 0.1) is 0 Å². The van der Waals surface area contributed by atoms with Gasteiger partial charge in [-0.3, -0.25) is 0 Å². The van der Waals surface area contributed by atoms with Crippen LogP contribution in [0.4, 0.5) is 0 Å². The molecule has 0 saturated heterocycles. The molecule has 0 bridgehead atoms. The van der Waals surface area contributed by atoms with Gasteiger partial charge in [0.15, 0.2) is 11.5 Å². The quantitative estimate of drug-likeness (QED) is 0.715. The van der Waals surface area contributed by atoms with Gasteiger partial charge in [0, 0.05) is 6.61 Å². The predicted molar refractivity (Wildman–Crippen MR) is 65.4 cm³/mol. The standard InChI is InChI=1S/C13H20O4/c1-10(15)11-5-6-12(13(9-11)16-2)17-8-4-3-7-14/h5-6,9-10,14-15H,3-4,7-8H2,1-2H3/t10-/m0/s1. The molecule has 0 aliphatic rings. The summed E-state index contributed by atoms with van der Waals surface area (Å²) in [5, 5.41) is 18.1. The second-order valence-corrected chi connectivity index (χ2v) is 3.87. The molecule has 0 saturated carbocycles. The Bertz CT molecular complexity index is 336. The van der Waals surface area contributed by atoms with Crippen LogP contribution < -0.4 is 9.47 Å². The Morgan fingerprint density at radius 3 is 2.59 bits per heavy atom. The molecule has 0 amide bonds. The number of benzene rings is 1. The highest BCUT2D eigenvalue weighted by molar-refractivity contribution is 5.43. The summed E-state index contributed by atoms with van der Waals surface area (Å²) in [6, 6.07) is 5.38. The van der Waals surface area contributed by atoms with Crippen LogP contribution in [0.2, 0.25) is 0 Å². The molecule has 2 N–H and O–H groups in total. The molecule has 0 radical (unpaired) electrons. The van der Waals surface area contributed by atoms with Crippen LogP contribution >= 0.6 is 0 Å². The zero-order valence-electron chi connectivity index (χ0n) is 10.3. The summed E-state index contributed by atoms with van der Waals surface area (Å²) in [4.78, 5) is 0. The Morgan fingerprint density at radius 2 is 2.00 bits per heavy atom. The summed E-state index contributed by atoms with van der Waals surface area (Å²) in [6.07, 6.45) is 1.01. The topological polar surface area (TPSA) is 58.9 Å². The van der Waals surface area contributed by atoms with Crippen LogP contribution in [0.15, 0.2) is 18.2 Å². The van der Waals surface area contributed by atoms with E-state index in [9.17, 15) is 5.11 Å². The van der Waals surface area contributed by atoms with Crippen LogP contribution in [-0.4, -0.2) is 30.5 Å². The Balaban J connectivity index is 2.65. The molecule has 96 valence electrons. The Labute approximate surface area is 102 Å². The van der Waals surface area contributed by atoms with E-state index in [1.165, 1.54) is 0 Å². The number of methoxy groups -OCH3 is 1. The minimum absolute atomic E-state index is 0.182. The minimum Gasteiger partial charge on any atom is -0.493 e. The first-order valence-electron chi connectivity index (χ1n) is 5.78. The SMILES string of the molecule is COc1cc([C@H](C)O)ccc1OCCCCO. The summed E-state index contributed by atoms with van der Waals surface area (Å²) in [5.74, 6) is 1.28. The van der Waals surface area contributed by atoms with E-state index < -0.39 is 6.10 Å². The summed E-state index contributed by atoms with van der Waals surface area (Å²) in [6.45, 7) is 2.43. The van der Waals surface area contributed by atoms with E-state index >= 15 is 0 Å². The molecular formula is C13H20O4. The van der Waals surface area contributed by atoms with Crippen molar-refractivity contribution in [1.29, 1.82) is 0 Å². The van der Waals surface area contributed by atoms with Crippen molar-refractivity contribution in [3.05, 3.63) is 23.8 Å². The summed E-state index contributed by atoms with van der Waals surface area (Å²) in [7, 11) is 1.57. The van der Waals surface area contributed by atoms with E-state index in [0.717, 1.165) is 18.4 Å². The molecule has 0 aromatic heterocycles. The van der Waals surface area contributed by atoms with Gasteiger partial charge in [-0.05, 0) is 37.5 Å². The van der Waals surface area contributed by atoms with Crippen LogP contribution in [0.5, 0.6) is 11.5 Å². The van der Waals surface area contributed by atoms with Gasteiger partial charge in [-0.25, -0.2) is 0 Å². The largest absolute Gasteiger partial charge is 0.493 e. The van der Waals surface area contributed by atoms with Crippen molar-refractivity contribution >= 4 is 0 Å². The number of ether oxygens (including phenoxy) is 2. The molecule has 4 nitrogen and oxygen atoms in total. The van der Waals surface area contributed by atoms with Crippen molar-refractivity contribution in [3.63, 3.8) is 0 Å². The maximum atomic E-state index is 9.46. The van der Waals surface area contributed by atoms with Crippen LogP contribution in [0.3, 0.4) is 0 Å². The zero-order chi connectivity index (χ0) is 12.7. The van der Waals surface area contributed by atoms with Gasteiger partial charge in [-0.2, -0.15) is 0 Å². The predicted octanol–water partition coefficient (Wildman–Crippen LogP) is 1.90. The van der Waals surface area contributed by atoms with Crippen molar-refractivity contribution < 1.29 is 19.7 Å². The molecule has 1 rings (SSSR count). The van der Waals surface area contributed by atoms with Gasteiger partial charge < -0.3 is 19.7 Å². The maximum Gasteiger partial charge on any atom is 0.161 e. The fraction of sp³-hybridized carbons (Fsp3) is 0.538. The molecule has 0 fully saturated rings. The molecule has 17 heavy (non-hydrogen) atoms. The fourth-order valence-electron chi connectivity index (χ4n) is 1.46. The lowest BCUT2D eigenvalue weighted by Gasteiger charge is -2.13. The van der Waals surface area contributed by atoms with Crippen LogP contribution in [0.25, 0.3) is 0 Å². The zero-order valence-corrected chi connectivity index (χ0v) is 10.3. The van der Waals surface area contributed by atoms with Gasteiger partial charge >= 0.3 is 0 Å².